The van der Waals surface area contributed by atoms with E-state index in [4.69, 9.17) is 40.9 Å². The molecular weight excluding hydrogens is 850 g/mol. The molecule has 0 amide bonds. The number of hydrogen-bond acceptors (Lipinski definition) is 8. The van der Waals surface area contributed by atoms with Crippen LogP contribution in [0, 0.1) is 0 Å². The molecule has 0 aliphatic carbocycles. The summed E-state index contributed by atoms with van der Waals surface area (Å²) in [5, 5.41) is 57.0. The van der Waals surface area contributed by atoms with Gasteiger partial charge in [0.25, 0.3) is 0 Å². The molecule has 0 aromatic carbocycles. The molecule has 0 fully saturated rings. The first-order valence-electron chi connectivity index (χ1n) is 2.53. The van der Waals surface area contributed by atoms with Crippen LogP contribution < -0.4 is 0 Å². The van der Waals surface area contributed by atoms with Crippen LogP contribution >= 0.6 is 0 Å². The molecule has 0 atom stereocenters. The zero-order valence-electron chi connectivity index (χ0n) is 13.8. The fraction of sp³-hybridized carbons (Fsp3) is 1.00. The van der Waals surface area contributed by atoms with Gasteiger partial charge in [-0.15, -0.1) is 0 Å². The van der Waals surface area contributed by atoms with Crippen molar-refractivity contribution in [1.29, 1.82) is 0 Å². The minimum absolute atomic E-state index is 0. The molecule has 0 heterocycles. The third-order valence-corrected chi connectivity index (χ3v) is 0. The second kappa shape index (κ2) is 285. The Morgan fingerprint density at radius 1 is 0.292 bits per heavy atom. The van der Waals surface area contributed by atoms with E-state index in [1.165, 1.54) is 0 Å². The molecular formula is C4H34Cd5O15+4. The van der Waals surface area contributed by atoms with Gasteiger partial charge in [-0.05, 0) is 0 Å². The van der Waals surface area contributed by atoms with Crippen molar-refractivity contribution in [1.82, 2.24) is 0 Å². The van der Waals surface area contributed by atoms with E-state index in [0.29, 0.717) is 0 Å². The van der Waals surface area contributed by atoms with Gasteiger partial charge in [0, 0.05) is 136 Å². The van der Waals surface area contributed by atoms with Gasteiger partial charge in [0.2, 0.25) is 0 Å². The maximum atomic E-state index is 7.12. The third-order valence-electron chi connectivity index (χ3n) is 0. The largest absolute Gasteiger partial charge is 0.457 e. The van der Waals surface area contributed by atoms with Gasteiger partial charge < -0.3 is 79.2 Å². The maximum absolute atomic E-state index is 7.12. The van der Waals surface area contributed by atoms with Crippen LogP contribution in [-0.2, 0) is 158 Å². The van der Waals surface area contributed by atoms with Crippen LogP contribution in [-0.4, -0.2) is 84.5 Å². The van der Waals surface area contributed by atoms with E-state index in [0.717, 1.165) is 0 Å². The van der Waals surface area contributed by atoms with Crippen molar-refractivity contribution in [3.63, 3.8) is 0 Å². The van der Waals surface area contributed by atoms with Gasteiger partial charge in [0.1, 0.15) is 27.2 Å². The Kier molecular flexibility index (Phi) is 1680. The summed E-state index contributed by atoms with van der Waals surface area (Å²) in [4.78, 5) is 0. The van der Waals surface area contributed by atoms with Gasteiger partial charge in [-0.3, -0.25) is 0 Å². The standard InChI is InChI=1S/4CH4O2.5Cd.7H2O/c4*2-1-3;;;;;;;;;;;;/h4*2-3H,1H2;;;;;;7*1H2/p+4. The number of aliphatic hydroxyl groups is 8. The van der Waals surface area contributed by atoms with Crippen LogP contribution in [0.4, 0.5) is 0 Å². The predicted octanol–water partition coefficient (Wildman–Crippen LogP) is -10.5. The van der Waals surface area contributed by atoms with E-state index in [1.54, 1.807) is 0 Å². The Hall–Kier alpha value is 4.01. The van der Waals surface area contributed by atoms with Crippen molar-refractivity contribution in [3.05, 3.63) is 0 Å². The average molecular weight is 884 g/mol. The number of rotatable bonds is 0. The fourth-order valence-electron chi connectivity index (χ4n) is 0. The summed E-state index contributed by atoms with van der Waals surface area (Å²) in [5.74, 6) is 0. The van der Waals surface area contributed by atoms with E-state index in [1.807, 2.05) is 0 Å². The molecule has 0 rings (SSSR count). The molecule has 0 unspecified atom stereocenters. The Morgan fingerprint density at radius 2 is 0.292 bits per heavy atom. The van der Waals surface area contributed by atoms with Crippen LogP contribution in [0.3, 0.4) is 0 Å². The predicted molar refractivity (Wildman–Crippen MR) is 67.5 cm³/mol. The van der Waals surface area contributed by atoms with Crippen LogP contribution in [0.15, 0.2) is 0 Å². The molecule has 0 bridgehead atoms. The summed E-state index contributed by atoms with van der Waals surface area (Å²) in [6, 6.07) is 0. The summed E-state index contributed by atoms with van der Waals surface area (Å²) < 4.78 is 0. The van der Waals surface area contributed by atoms with Crippen LogP contribution in [0.2, 0.25) is 0 Å². The smallest absolute Gasteiger partial charge is 0.140 e. The third kappa shape index (κ3) is 1010. The minimum Gasteiger partial charge on any atom is -0.457 e. The molecule has 0 aromatic rings. The molecule has 26 N–H and O–H groups in total. The monoisotopic (exact) mass is 892 g/mol. The van der Waals surface area contributed by atoms with Crippen molar-refractivity contribution >= 4 is 0 Å². The summed E-state index contributed by atoms with van der Waals surface area (Å²) >= 11 is 0. The van der Waals surface area contributed by atoms with E-state index >= 15 is 0 Å². The van der Waals surface area contributed by atoms with Crippen molar-refractivity contribution < 1.29 is 216 Å². The molecule has 24 heavy (non-hydrogen) atoms. The van der Waals surface area contributed by atoms with Gasteiger partial charge in [0.15, 0.2) is 0 Å². The normalized spacial score (nSPS) is 3.00. The zero-order valence-corrected chi connectivity index (χ0v) is 33.9. The number of hydrogen-bond donors (Lipinski definition) is 8. The molecule has 0 spiro atoms. The topological polar surface area (TPSA) is 388 Å². The molecule has 15 nitrogen and oxygen atoms in total. The van der Waals surface area contributed by atoms with E-state index in [9.17, 15) is 0 Å². The minimum atomic E-state index is -0.750. The Balaban J connectivity index is -0.00000000218. The van der Waals surface area contributed by atoms with Crippen LogP contribution in [0.25, 0.3) is 0 Å². The summed E-state index contributed by atoms with van der Waals surface area (Å²) in [5.41, 5.74) is 0. The molecule has 146 valence electrons. The van der Waals surface area contributed by atoms with Crippen molar-refractivity contribution in [2.24, 2.45) is 0 Å². The van der Waals surface area contributed by atoms with Crippen LogP contribution in [0.1, 0.15) is 0 Å². The molecule has 0 aromatic heterocycles. The first-order valence-corrected chi connectivity index (χ1v) is 2.53. The molecule has 0 saturated heterocycles. The van der Waals surface area contributed by atoms with Gasteiger partial charge in [-0.1, -0.05) is 0 Å². The molecule has 0 aliphatic heterocycles. The molecule has 20 heteroatoms. The van der Waals surface area contributed by atoms with Crippen molar-refractivity contribution in [2.45, 2.75) is 0 Å². The molecule has 0 aliphatic rings. The van der Waals surface area contributed by atoms with Gasteiger partial charge in [0.05, 0.1) is 0 Å². The average Bonchev–Trinajstić information content (AvgIpc) is 1.92. The Morgan fingerprint density at radius 3 is 0.292 bits per heavy atom. The summed E-state index contributed by atoms with van der Waals surface area (Å²) in [7, 11) is 0. The van der Waals surface area contributed by atoms with Crippen molar-refractivity contribution in [3.8, 4) is 0 Å². The second-order valence-electron chi connectivity index (χ2n) is 0.566. The summed E-state index contributed by atoms with van der Waals surface area (Å²) in [6.07, 6.45) is 0. The Labute approximate surface area is 239 Å². The fourth-order valence-corrected chi connectivity index (χ4v) is 0. The van der Waals surface area contributed by atoms with E-state index < -0.39 is 27.2 Å². The Bertz CT molecular complexity index is 39.8. The zero-order chi connectivity index (χ0) is 10.8. The summed E-state index contributed by atoms with van der Waals surface area (Å²) in [6.45, 7) is -3.00. The van der Waals surface area contributed by atoms with Gasteiger partial charge in [-0.2, -0.15) is 0 Å². The first-order chi connectivity index (χ1) is 5.66. The quantitative estimate of drug-likeness (QED) is 0.0655. The van der Waals surface area contributed by atoms with Crippen molar-refractivity contribution in [2.75, 3.05) is 27.2 Å². The SMILES string of the molecule is O.O.O.OCO.OCO.OCO.OCO.[Cd].[Cd].[Cd].[Cd].[Cd].[OH3+].[OH3+].[OH3+].[OH3+]. The van der Waals surface area contributed by atoms with Gasteiger partial charge in [-0.25, -0.2) is 0 Å². The van der Waals surface area contributed by atoms with Crippen LogP contribution in [0.5, 0.6) is 0 Å². The first kappa shape index (κ1) is 142. The maximum Gasteiger partial charge on any atom is 0.140 e. The van der Waals surface area contributed by atoms with Gasteiger partial charge >= 0.3 is 0 Å². The molecule has 0 saturated carbocycles. The second-order valence-corrected chi connectivity index (χ2v) is 0.566. The van der Waals surface area contributed by atoms with E-state index in [2.05, 4.69) is 0 Å². The number of aliphatic hydroxyl groups excluding tert-OH is 4. The molecule has 0 radical (unpaired) electrons. The van der Waals surface area contributed by atoms with E-state index in [-0.39, 0.29) is 175 Å².